The van der Waals surface area contributed by atoms with E-state index in [4.69, 9.17) is 9.47 Å². The molecule has 4 heterocycles. The molecule has 0 spiro atoms. The Morgan fingerprint density at radius 1 is 1.00 bits per heavy atom. The van der Waals surface area contributed by atoms with E-state index in [1.165, 1.54) is 12.1 Å². The fourth-order valence-electron chi connectivity index (χ4n) is 4.39. The zero-order valence-electron chi connectivity index (χ0n) is 18.8. The lowest BCUT2D eigenvalue weighted by Gasteiger charge is -2.33. The average Bonchev–Trinajstić information content (AvgIpc) is 2.90. The van der Waals surface area contributed by atoms with Crippen molar-refractivity contribution in [2.45, 2.75) is 18.8 Å². The fraction of sp³-hybridized carbons (Fsp3) is 0.360. The summed E-state index contributed by atoms with van der Waals surface area (Å²) >= 11 is 0. The molecule has 0 saturated carbocycles. The van der Waals surface area contributed by atoms with Crippen LogP contribution in [0, 0.1) is 5.82 Å². The maximum absolute atomic E-state index is 13.4. The number of aromatic nitrogens is 3. The number of carbonyl (C=O) groups is 1. The molecule has 2 saturated heterocycles. The molecule has 176 valence electrons. The van der Waals surface area contributed by atoms with Crippen LogP contribution in [0.4, 0.5) is 10.2 Å². The first-order chi connectivity index (χ1) is 16.7. The summed E-state index contributed by atoms with van der Waals surface area (Å²) in [5.41, 5.74) is 1.33. The highest BCUT2D eigenvalue weighted by Gasteiger charge is 2.29. The highest BCUT2D eigenvalue weighted by atomic mass is 19.1. The number of anilines is 1. The van der Waals surface area contributed by atoms with Crippen molar-refractivity contribution in [3.05, 3.63) is 72.1 Å². The van der Waals surface area contributed by atoms with Crippen LogP contribution >= 0.6 is 0 Å². The zero-order valence-corrected chi connectivity index (χ0v) is 18.8. The predicted octanol–water partition coefficient (Wildman–Crippen LogP) is 3.66. The Kier molecular flexibility index (Phi) is 6.62. The molecular formula is C25H26FN5O3. The van der Waals surface area contributed by atoms with Gasteiger partial charge in [0.05, 0.1) is 13.2 Å². The van der Waals surface area contributed by atoms with E-state index < -0.39 is 0 Å². The van der Waals surface area contributed by atoms with E-state index in [1.807, 2.05) is 11.0 Å². The Labute approximate surface area is 197 Å². The van der Waals surface area contributed by atoms with Crippen molar-refractivity contribution in [1.29, 1.82) is 0 Å². The number of halogens is 1. The van der Waals surface area contributed by atoms with Crippen LogP contribution in [0.2, 0.25) is 0 Å². The molecule has 9 heteroatoms. The van der Waals surface area contributed by atoms with Crippen LogP contribution in [0.5, 0.6) is 11.6 Å². The second-order valence-corrected chi connectivity index (χ2v) is 8.40. The molecular weight excluding hydrogens is 437 g/mol. The molecule has 8 nitrogen and oxygen atoms in total. The lowest BCUT2D eigenvalue weighted by atomic mass is 9.94. The van der Waals surface area contributed by atoms with E-state index >= 15 is 0 Å². The summed E-state index contributed by atoms with van der Waals surface area (Å²) < 4.78 is 24.6. The van der Waals surface area contributed by atoms with Gasteiger partial charge in [-0.05, 0) is 49.2 Å². The standard InChI is InChI=1S/C25H26FN5O3/c26-20-3-5-21(6-4-20)34-24-23(28-9-10-29-24)19-2-1-11-31(17-19)25(32)18-7-8-27-22(16-18)30-12-14-33-15-13-30/h3-10,16,19H,1-2,11-15,17H2. The number of morpholine rings is 1. The van der Waals surface area contributed by atoms with Crippen LogP contribution in [-0.2, 0) is 4.74 Å². The van der Waals surface area contributed by atoms with Crippen molar-refractivity contribution < 1.29 is 18.7 Å². The number of rotatable bonds is 5. The molecule has 34 heavy (non-hydrogen) atoms. The number of hydrogen-bond acceptors (Lipinski definition) is 7. The highest BCUT2D eigenvalue weighted by Crippen LogP contribution is 2.33. The van der Waals surface area contributed by atoms with E-state index in [1.54, 1.807) is 36.8 Å². The van der Waals surface area contributed by atoms with Gasteiger partial charge in [0.1, 0.15) is 23.1 Å². The van der Waals surface area contributed by atoms with E-state index in [0.29, 0.717) is 49.2 Å². The molecule has 0 bridgehead atoms. The van der Waals surface area contributed by atoms with Crippen LogP contribution in [0.25, 0.3) is 0 Å². The number of amides is 1. The summed E-state index contributed by atoms with van der Waals surface area (Å²) in [7, 11) is 0. The zero-order chi connectivity index (χ0) is 23.3. The molecule has 2 fully saturated rings. The molecule has 0 radical (unpaired) electrons. The molecule has 5 rings (SSSR count). The normalized spacial score (nSPS) is 18.6. The summed E-state index contributed by atoms with van der Waals surface area (Å²) in [6.45, 7) is 4.05. The van der Waals surface area contributed by atoms with Gasteiger partial charge in [0, 0.05) is 56.3 Å². The Morgan fingerprint density at radius 2 is 1.79 bits per heavy atom. The smallest absolute Gasteiger partial charge is 0.254 e. The largest absolute Gasteiger partial charge is 0.437 e. The van der Waals surface area contributed by atoms with E-state index in [2.05, 4.69) is 19.9 Å². The van der Waals surface area contributed by atoms with Crippen LogP contribution in [0.3, 0.4) is 0 Å². The first-order valence-corrected chi connectivity index (χ1v) is 11.5. The molecule has 2 aliphatic rings. The number of carbonyl (C=O) groups excluding carboxylic acids is 1. The summed E-state index contributed by atoms with van der Waals surface area (Å²) in [5.74, 6) is 1.30. The number of benzene rings is 1. The van der Waals surface area contributed by atoms with Crippen molar-refractivity contribution in [3.63, 3.8) is 0 Å². The van der Waals surface area contributed by atoms with Gasteiger partial charge in [-0.25, -0.2) is 14.4 Å². The number of piperidine rings is 1. The van der Waals surface area contributed by atoms with Crippen molar-refractivity contribution in [3.8, 4) is 11.6 Å². The van der Waals surface area contributed by atoms with Crippen LogP contribution in [0.15, 0.2) is 55.0 Å². The third-order valence-corrected chi connectivity index (χ3v) is 6.14. The van der Waals surface area contributed by atoms with Gasteiger partial charge >= 0.3 is 0 Å². The van der Waals surface area contributed by atoms with Gasteiger partial charge in [0.2, 0.25) is 5.88 Å². The minimum absolute atomic E-state index is 0.0117. The van der Waals surface area contributed by atoms with Crippen LogP contribution < -0.4 is 9.64 Å². The summed E-state index contributed by atoms with van der Waals surface area (Å²) in [6, 6.07) is 9.42. The maximum Gasteiger partial charge on any atom is 0.254 e. The first-order valence-electron chi connectivity index (χ1n) is 11.5. The molecule has 0 N–H and O–H groups in total. The van der Waals surface area contributed by atoms with Crippen molar-refractivity contribution in [1.82, 2.24) is 19.9 Å². The topological polar surface area (TPSA) is 80.7 Å². The molecule has 1 unspecified atom stereocenters. The third-order valence-electron chi connectivity index (χ3n) is 6.14. The summed E-state index contributed by atoms with van der Waals surface area (Å²) in [5, 5.41) is 0. The number of nitrogens with zero attached hydrogens (tertiary/aromatic N) is 5. The van der Waals surface area contributed by atoms with Gasteiger partial charge in [0.15, 0.2) is 0 Å². The van der Waals surface area contributed by atoms with Crippen LogP contribution in [-0.4, -0.2) is 65.2 Å². The van der Waals surface area contributed by atoms with Gasteiger partial charge in [-0.2, -0.15) is 0 Å². The number of hydrogen-bond donors (Lipinski definition) is 0. The van der Waals surface area contributed by atoms with Crippen molar-refractivity contribution >= 4 is 11.7 Å². The minimum Gasteiger partial charge on any atom is -0.437 e. The molecule has 1 aromatic carbocycles. The van der Waals surface area contributed by atoms with E-state index in [0.717, 1.165) is 31.7 Å². The Hall–Kier alpha value is -3.59. The quantitative estimate of drug-likeness (QED) is 0.571. The number of likely N-dealkylation sites (tertiary alicyclic amines) is 1. The molecule has 2 aliphatic heterocycles. The van der Waals surface area contributed by atoms with Crippen molar-refractivity contribution in [2.75, 3.05) is 44.3 Å². The second kappa shape index (κ2) is 10.1. The third kappa shape index (κ3) is 4.99. The molecule has 0 aliphatic carbocycles. The molecule has 1 amide bonds. The monoisotopic (exact) mass is 463 g/mol. The first kappa shape index (κ1) is 22.2. The van der Waals surface area contributed by atoms with Crippen molar-refractivity contribution in [2.24, 2.45) is 0 Å². The Balaban J connectivity index is 1.32. The SMILES string of the molecule is O=C(c1ccnc(N2CCOCC2)c1)N1CCCC(c2nccnc2Oc2ccc(F)cc2)C1. The minimum atomic E-state index is -0.332. The molecule has 2 aromatic heterocycles. The van der Waals surface area contributed by atoms with Gasteiger partial charge in [-0.3, -0.25) is 9.78 Å². The Bertz CT molecular complexity index is 1140. The van der Waals surface area contributed by atoms with Gasteiger partial charge in [-0.15, -0.1) is 0 Å². The fourth-order valence-corrected chi connectivity index (χ4v) is 4.39. The Morgan fingerprint density at radius 3 is 2.62 bits per heavy atom. The molecule has 1 atom stereocenters. The van der Waals surface area contributed by atoms with E-state index in [-0.39, 0.29) is 17.6 Å². The van der Waals surface area contributed by atoms with Gasteiger partial charge in [-0.1, -0.05) is 0 Å². The van der Waals surface area contributed by atoms with Gasteiger partial charge < -0.3 is 19.3 Å². The molecule has 3 aromatic rings. The summed E-state index contributed by atoms with van der Waals surface area (Å²) in [4.78, 5) is 30.7. The average molecular weight is 464 g/mol. The lowest BCUT2D eigenvalue weighted by molar-refractivity contribution is 0.0704. The lowest BCUT2D eigenvalue weighted by Crippen LogP contribution is -2.40. The van der Waals surface area contributed by atoms with Crippen LogP contribution in [0.1, 0.15) is 34.8 Å². The number of ether oxygens (including phenoxy) is 2. The number of pyridine rings is 1. The maximum atomic E-state index is 13.4. The predicted molar refractivity (Wildman–Crippen MR) is 124 cm³/mol. The van der Waals surface area contributed by atoms with E-state index in [9.17, 15) is 9.18 Å². The second-order valence-electron chi connectivity index (χ2n) is 8.40. The summed E-state index contributed by atoms with van der Waals surface area (Å²) in [6.07, 6.45) is 6.61. The van der Waals surface area contributed by atoms with Gasteiger partial charge in [0.25, 0.3) is 5.91 Å². The highest BCUT2D eigenvalue weighted by molar-refractivity contribution is 5.95.